The smallest absolute Gasteiger partial charge is 0.475 e. The Bertz CT molecular complexity index is 1380. The number of nitro benzene ring substituents is 1. The summed E-state index contributed by atoms with van der Waals surface area (Å²) in [5.41, 5.74) is 2.53. The minimum atomic E-state index is -5.08. The lowest BCUT2D eigenvalue weighted by atomic mass is 10.2. The number of carboxylic acid groups (broad SMARTS) is 1. The number of carbonyl (C=O) groups excluding carboxylic acids is 1. The molecule has 0 saturated carbocycles. The van der Waals surface area contributed by atoms with Crippen molar-refractivity contribution in [1.82, 2.24) is 20.2 Å². The normalized spacial score (nSPS) is 13.4. The van der Waals surface area contributed by atoms with Crippen LogP contribution in [0.3, 0.4) is 0 Å². The molecule has 1 fully saturated rings. The van der Waals surface area contributed by atoms with Crippen LogP contribution >= 0.6 is 0 Å². The molecule has 3 aromatic rings. The van der Waals surface area contributed by atoms with Gasteiger partial charge in [-0.1, -0.05) is 6.07 Å². The lowest BCUT2D eigenvalue weighted by Gasteiger charge is -2.34. The predicted octanol–water partition coefficient (Wildman–Crippen LogP) is 3.62. The summed E-state index contributed by atoms with van der Waals surface area (Å²) in [6, 6.07) is 14.0. The molecule has 4 rings (SSSR count). The molecule has 2 aromatic carbocycles. The van der Waals surface area contributed by atoms with Crippen molar-refractivity contribution in [2.75, 3.05) is 55.8 Å². The number of alkyl halides is 3. The van der Waals surface area contributed by atoms with Crippen molar-refractivity contribution >= 4 is 46.4 Å². The summed E-state index contributed by atoms with van der Waals surface area (Å²) in [5, 5.41) is 26.9. The highest BCUT2D eigenvalue weighted by molar-refractivity contribution is 5.99. The van der Waals surface area contributed by atoms with Gasteiger partial charge in [0.15, 0.2) is 0 Å². The summed E-state index contributed by atoms with van der Waals surface area (Å²) in [7, 11) is 3.63. The van der Waals surface area contributed by atoms with E-state index >= 15 is 0 Å². The number of non-ortho nitro benzene ring substituents is 1. The molecule has 13 nitrogen and oxygen atoms in total. The largest absolute Gasteiger partial charge is 0.490 e. The Labute approximate surface area is 232 Å². The van der Waals surface area contributed by atoms with Crippen LogP contribution in [0.1, 0.15) is 10.4 Å². The van der Waals surface area contributed by atoms with E-state index in [0.717, 1.165) is 37.6 Å². The molecule has 1 amide bonds. The highest BCUT2D eigenvalue weighted by Gasteiger charge is 2.38. The van der Waals surface area contributed by atoms with Crippen LogP contribution in [0.4, 0.5) is 47.7 Å². The van der Waals surface area contributed by atoms with Gasteiger partial charge in [-0.05, 0) is 37.4 Å². The molecule has 218 valence electrons. The van der Waals surface area contributed by atoms with Gasteiger partial charge < -0.3 is 30.9 Å². The second kappa shape index (κ2) is 13.4. The molecule has 0 atom stereocenters. The lowest BCUT2D eigenvalue weighted by Crippen LogP contribution is -2.44. The molecule has 1 saturated heterocycles. The molecule has 16 heteroatoms. The van der Waals surface area contributed by atoms with Crippen LogP contribution in [-0.2, 0) is 4.79 Å². The molecule has 41 heavy (non-hydrogen) atoms. The van der Waals surface area contributed by atoms with Crippen molar-refractivity contribution in [3.05, 3.63) is 70.4 Å². The van der Waals surface area contributed by atoms with E-state index in [4.69, 9.17) is 9.90 Å². The first-order valence-corrected chi connectivity index (χ1v) is 12.1. The quantitative estimate of drug-likeness (QED) is 0.240. The average molecular weight is 577 g/mol. The fraction of sp³-hybridized carbons (Fsp3) is 0.280. The van der Waals surface area contributed by atoms with Gasteiger partial charge in [-0.25, -0.2) is 9.78 Å². The minimum absolute atomic E-state index is 0.0701. The van der Waals surface area contributed by atoms with Crippen molar-refractivity contribution in [3.8, 4) is 0 Å². The Morgan fingerprint density at radius 3 is 2.22 bits per heavy atom. The van der Waals surface area contributed by atoms with Crippen molar-refractivity contribution in [1.29, 1.82) is 0 Å². The number of aromatic nitrogens is 2. The monoisotopic (exact) mass is 576 g/mol. The highest BCUT2D eigenvalue weighted by atomic mass is 19.4. The Morgan fingerprint density at radius 1 is 1.02 bits per heavy atom. The summed E-state index contributed by atoms with van der Waals surface area (Å²) >= 11 is 0. The standard InChI is InChI=1S/C23H26N8O3.C2HF3O2/c1-24-22(32)20-15-25-23(28-21(20)26-17-4-3-5-19(14-17)31(33)34)27-16-6-8-18(9-7-16)30-12-10-29(2)11-13-30;3-2(4,5)1(6)7/h3-9,14-15H,10-13H2,1-2H3,(H,24,32)(H2,25,26,27,28);(H,6,7). The van der Waals surface area contributed by atoms with Gasteiger partial charge in [0.1, 0.15) is 11.4 Å². The maximum Gasteiger partial charge on any atom is 0.490 e. The predicted molar refractivity (Wildman–Crippen MR) is 145 cm³/mol. The van der Waals surface area contributed by atoms with E-state index in [9.17, 15) is 28.1 Å². The first kappa shape index (κ1) is 30.6. The number of carboxylic acids is 1. The fourth-order valence-corrected chi connectivity index (χ4v) is 3.62. The van der Waals surface area contributed by atoms with Gasteiger partial charge in [-0.2, -0.15) is 18.2 Å². The number of piperazine rings is 1. The average Bonchev–Trinajstić information content (AvgIpc) is 2.94. The SMILES string of the molecule is CNC(=O)c1cnc(Nc2ccc(N3CCN(C)CC3)cc2)nc1Nc1cccc([N+](=O)[O-])c1.O=C(O)C(F)(F)F. The van der Waals surface area contributed by atoms with E-state index in [-0.39, 0.29) is 28.9 Å². The number of aliphatic carboxylic acids is 1. The summed E-state index contributed by atoms with van der Waals surface area (Å²) < 4.78 is 31.7. The topological polar surface area (TPSA) is 166 Å². The second-order valence-electron chi connectivity index (χ2n) is 8.73. The first-order chi connectivity index (χ1) is 19.4. The van der Waals surface area contributed by atoms with E-state index in [1.165, 1.54) is 25.4 Å². The Morgan fingerprint density at radius 2 is 1.66 bits per heavy atom. The maximum absolute atomic E-state index is 12.3. The number of halogens is 3. The zero-order valence-corrected chi connectivity index (χ0v) is 22.0. The van der Waals surface area contributed by atoms with E-state index < -0.39 is 17.1 Å². The molecule has 1 aliphatic heterocycles. The van der Waals surface area contributed by atoms with E-state index in [1.807, 2.05) is 12.1 Å². The van der Waals surface area contributed by atoms with E-state index in [1.54, 1.807) is 12.1 Å². The van der Waals surface area contributed by atoms with Crippen LogP contribution in [-0.4, -0.2) is 83.2 Å². The van der Waals surface area contributed by atoms with Crippen LogP contribution in [0.5, 0.6) is 0 Å². The van der Waals surface area contributed by atoms with Crippen LogP contribution in [0, 0.1) is 10.1 Å². The van der Waals surface area contributed by atoms with Crippen molar-refractivity contribution in [2.45, 2.75) is 6.18 Å². The number of nitrogens with zero attached hydrogens (tertiary/aromatic N) is 5. The summed E-state index contributed by atoms with van der Waals surface area (Å²) in [6.07, 6.45) is -3.67. The third-order valence-corrected chi connectivity index (χ3v) is 5.81. The number of hydrogen-bond acceptors (Lipinski definition) is 10. The molecular weight excluding hydrogens is 549 g/mol. The molecule has 2 heterocycles. The number of benzene rings is 2. The molecule has 0 aliphatic carbocycles. The molecule has 4 N–H and O–H groups in total. The number of anilines is 5. The van der Waals surface area contributed by atoms with Crippen LogP contribution in [0.25, 0.3) is 0 Å². The number of nitro groups is 1. The number of rotatable bonds is 7. The van der Waals surface area contributed by atoms with Gasteiger partial charge in [-0.15, -0.1) is 0 Å². The molecule has 0 spiro atoms. The Hall–Kier alpha value is -4.99. The van der Waals surface area contributed by atoms with Gasteiger partial charge in [0.2, 0.25) is 5.95 Å². The Kier molecular flexibility index (Phi) is 9.97. The van der Waals surface area contributed by atoms with Gasteiger partial charge in [-0.3, -0.25) is 14.9 Å². The zero-order chi connectivity index (χ0) is 30.2. The van der Waals surface area contributed by atoms with Gasteiger partial charge in [0.25, 0.3) is 11.6 Å². The molecule has 0 bridgehead atoms. The zero-order valence-electron chi connectivity index (χ0n) is 22.0. The number of carbonyl (C=O) groups is 2. The molecule has 0 radical (unpaired) electrons. The lowest BCUT2D eigenvalue weighted by molar-refractivity contribution is -0.384. The second-order valence-corrected chi connectivity index (χ2v) is 8.73. The van der Waals surface area contributed by atoms with Crippen molar-refractivity contribution < 1.29 is 32.8 Å². The van der Waals surface area contributed by atoms with E-state index in [2.05, 4.69) is 54.9 Å². The van der Waals surface area contributed by atoms with Crippen LogP contribution < -0.4 is 20.9 Å². The van der Waals surface area contributed by atoms with Gasteiger partial charge in [0.05, 0.1) is 4.92 Å². The van der Waals surface area contributed by atoms with Crippen LogP contribution in [0.15, 0.2) is 54.7 Å². The summed E-state index contributed by atoms with van der Waals surface area (Å²) in [4.78, 5) is 45.2. The van der Waals surface area contributed by atoms with Crippen LogP contribution in [0.2, 0.25) is 0 Å². The molecule has 1 aliphatic rings. The minimum Gasteiger partial charge on any atom is -0.475 e. The van der Waals surface area contributed by atoms with Gasteiger partial charge in [0, 0.05) is 68.6 Å². The highest BCUT2D eigenvalue weighted by Crippen LogP contribution is 2.25. The van der Waals surface area contributed by atoms with Gasteiger partial charge >= 0.3 is 12.1 Å². The Balaban J connectivity index is 0.000000587. The summed E-state index contributed by atoms with van der Waals surface area (Å²) in [6.45, 7) is 4.04. The molecule has 0 unspecified atom stereocenters. The van der Waals surface area contributed by atoms with E-state index in [0.29, 0.717) is 5.69 Å². The molecule has 1 aromatic heterocycles. The number of hydrogen-bond donors (Lipinski definition) is 4. The summed E-state index contributed by atoms with van der Waals surface area (Å²) in [5.74, 6) is -2.62. The maximum atomic E-state index is 12.3. The van der Waals surface area contributed by atoms with Crippen molar-refractivity contribution in [3.63, 3.8) is 0 Å². The number of likely N-dealkylation sites (N-methyl/N-ethyl adjacent to an activating group) is 1. The number of amides is 1. The van der Waals surface area contributed by atoms with Crippen molar-refractivity contribution in [2.24, 2.45) is 0 Å². The first-order valence-electron chi connectivity index (χ1n) is 12.1. The third kappa shape index (κ3) is 8.76. The fourth-order valence-electron chi connectivity index (χ4n) is 3.62. The molecular formula is C25H27F3N8O5. The third-order valence-electron chi connectivity index (χ3n) is 5.81. The number of nitrogens with one attached hydrogen (secondary N) is 3.